The van der Waals surface area contributed by atoms with E-state index in [1.54, 1.807) is 42.7 Å². The highest BCUT2D eigenvalue weighted by Crippen LogP contribution is 2.59. The van der Waals surface area contributed by atoms with Crippen molar-refractivity contribution in [3.05, 3.63) is 60.4 Å². The van der Waals surface area contributed by atoms with Crippen molar-refractivity contribution < 1.29 is 13.2 Å². The zero-order valence-corrected chi connectivity index (χ0v) is 15.2. The summed E-state index contributed by atoms with van der Waals surface area (Å²) >= 11 is 0. The molecule has 2 fully saturated rings. The summed E-state index contributed by atoms with van der Waals surface area (Å²) in [5, 5.41) is 2.96. The molecular formula is C19H21N3O3S. The number of hydrogen-bond donors (Lipinski definition) is 1. The van der Waals surface area contributed by atoms with Crippen LogP contribution in [0.4, 0.5) is 0 Å². The molecule has 1 aromatic carbocycles. The van der Waals surface area contributed by atoms with Crippen LogP contribution in [0.3, 0.4) is 0 Å². The molecule has 0 unspecified atom stereocenters. The highest BCUT2D eigenvalue weighted by molar-refractivity contribution is 7.89. The topological polar surface area (TPSA) is 79.4 Å². The van der Waals surface area contributed by atoms with Crippen molar-refractivity contribution in [1.29, 1.82) is 0 Å². The molecule has 6 nitrogen and oxygen atoms in total. The minimum Gasteiger partial charge on any atom is -0.352 e. The largest absolute Gasteiger partial charge is 0.352 e. The van der Waals surface area contributed by atoms with E-state index in [0.717, 1.165) is 18.4 Å². The molecule has 4 rings (SSSR count). The predicted molar refractivity (Wildman–Crippen MR) is 96.4 cm³/mol. The lowest BCUT2D eigenvalue weighted by Gasteiger charge is -2.16. The second-order valence-corrected chi connectivity index (χ2v) is 9.03. The maximum Gasteiger partial charge on any atom is 0.243 e. The van der Waals surface area contributed by atoms with Gasteiger partial charge in [0, 0.05) is 37.9 Å². The number of pyridine rings is 1. The van der Waals surface area contributed by atoms with E-state index >= 15 is 0 Å². The van der Waals surface area contributed by atoms with Gasteiger partial charge in [-0.15, -0.1) is 0 Å². The molecule has 2 aromatic rings. The van der Waals surface area contributed by atoms with Crippen LogP contribution >= 0.6 is 0 Å². The molecule has 2 atom stereocenters. The SMILES string of the molecule is O=C(NCc1ccncc1)[C@H]1C[C@]12CCN(S(=O)(=O)c1ccccc1)C2. The summed E-state index contributed by atoms with van der Waals surface area (Å²) in [6.07, 6.45) is 4.90. The minimum absolute atomic E-state index is 0.0146. The van der Waals surface area contributed by atoms with E-state index in [-0.39, 0.29) is 17.2 Å². The predicted octanol–water partition coefficient (Wildman–Crippen LogP) is 1.80. The molecule has 1 N–H and O–H groups in total. The lowest BCUT2D eigenvalue weighted by Crippen LogP contribution is -2.31. The first-order valence-electron chi connectivity index (χ1n) is 8.73. The van der Waals surface area contributed by atoms with Gasteiger partial charge in [-0.25, -0.2) is 8.42 Å². The summed E-state index contributed by atoms with van der Waals surface area (Å²) in [5.74, 6) is -0.0823. The van der Waals surface area contributed by atoms with E-state index in [1.165, 1.54) is 4.31 Å². The van der Waals surface area contributed by atoms with Gasteiger partial charge in [0.2, 0.25) is 15.9 Å². The van der Waals surface area contributed by atoms with E-state index in [0.29, 0.717) is 24.5 Å². The quantitative estimate of drug-likeness (QED) is 0.869. The van der Waals surface area contributed by atoms with Crippen molar-refractivity contribution >= 4 is 15.9 Å². The van der Waals surface area contributed by atoms with Crippen LogP contribution in [0.2, 0.25) is 0 Å². The number of nitrogens with one attached hydrogen (secondary N) is 1. The Kier molecular flexibility index (Phi) is 4.28. The van der Waals surface area contributed by atoms with Gasteiger partial charge in [-0.2, -0.15) is 4.31 Å². The Hall–Kier alpha value is -2.25. The molecule has 1 saturated carbocycles. The molecule has 2 aliphatic rings. The Morgan fingerprint density at radius 1 is 1.19 bits per heavy atom. The number of carbonyl (C=O) groups excluding carboxylic acids is 1. The normalized spacial score (nSPS) is 25.3. The number of sulfonamides is 1. The fourth-order valence-electron chi connectivity index (χ4n) is 3.79. The van der Waals surface area contributed by atoms with Crippen molar-refractivity contribution in [3.8, 4) is 0 Å². The van der Waals surface area contributed by atoms with Gasteiger partial charge >= 0.3 is 0 Å². The van der Waals surface area contributed by atoms with Crippen molar-refractivity contribution in [2.45, 2.75) is 24.3 Å². The van der Waals surface area contributed by atoms with E-state index in [9.17, 15) is 13.2 Å². The Bertz CT molecular complexity index is 902. The number of amides is 1. The molecule has 0 bridgehead atoms. The number of aromatic nitrogens is 1. The number of nitrogens with zero attached hydrogens (tertiary/aromatic N) is 2. The Balaban J connectivity index is 1.38. The van der Waals surface area contributed by atoms with Gasteiger partial charge in [0.05, 0.1) is 4.90 Å². The molecule has 1 aromatic heterocycles. The lowest BCUT2D eigenvalue weighted by atomic mass is 10.0. The van der Waals surface area contributed by atoms with E-state index in [4.69, 9.17) is 0 Å². The van der Waals surface area contributed by atoms with Crippen molar-refractivity contribution in [2.24, 2.45) is 11.3 Å². The Morgan fingerprint density at radius 2 is 1.92 bits per heavy atom. The zero-order valence-electron chi connectivity index (χ0n) is 14.3. The van der Waals surface area contributed by atoms with Gasteiger partial charge in [-0.05, 0) is 48.1 Å². The summed E-state index contributed by atoms with van der Waals surface area (Å²) in [7, 11) is -3.48. The van der Waals surface area contributed by atoms with Crippen LogP contribution < -0.4 is 5.32 Å². The van der Waals surface area contributed by atoms with Gasteiger partial charge < -0.3 is 5.32 Å². The molecule has 1 amide bonds. The number of hydrogen-bond acceptors (Lipinski definition) is 4. The van der Waals surface area contributed by atoms with Gasteiger partial charge in [-0.1, -0.05) is 18.2 Å². The van der Waals surface area contributed by atoms with Crippen molar-refractivity contribution in [3.63, 3.8) is 0 Å². The van der Waals surface area contributed by atoms with Gasteiger partial charge in [-0.3, -0.25) is 9.78 Å². The van der Waals surface area contributed by atoms with Crippen LogP contribution in [0.25, 0.3) is 0 Å². The minimum atomic E-state index is -3.48. The first kappa shape index (κ1) is 17.2. The fraction of sp³-hybridized carbons (Fsp3) is 0.368. The van der Waals surface area contributed by atoms with Gasteiger partial charge in [0.1, 0.15) is 0 Å². The van der Waals surface area contributed by atoms with Crippen molar-refractivity contribution in [2.75, 3.05) is 13.1 Å². The number of benzene rings is 1. The molecule has 2 heterocycles. The molecule has 1 aliphatic carbocycles. The molecule has 1 spiro atoms. The maximum absolute atomic E-state index is 12.8. The summed E-state index contributed by atoms with van der Waals surface area (Å²) in [4.78, 5) is 16.7. The monoisotopic (exact) mass is 371 g/mol. The fourth-order valence-corrected chi connectivity index (χ4v) is 5.34. The molecule has 7 heteroatoms. The molecule has 1 aliphatic heterocycles. The summed E-state index contributed by atoms with van der Waals surface area (Å²) < 4.78 is 27.0. The average molecular weight is 371 g/mol. The number of carbonyl (C=O) groups is 1. The van der Waals surface area contributed by atoms with Crippen molar-refractivity contribution in [1.82, 2.24) is 14.6 Å². The zero-order chi connectivity index (χ0) is 18.2. The van der Waals surface area contributed by atoms with Gasteiger partial charge in [0.15, 0.2) is 0 Å². The van der Waals surface area contributed by atoms with Crippen LogP contribution in [0.5, 0.6) is 0 Å². The second-order valence-electron chi connectivity index (χ2n) is 7.09. The lowest BCUT2D eigenvalue weighted by molar-refractivity contribution is -0.123. The second kappa shape index (κ2) is 6.48. The third kappa shape index (κ3) is 3.12. The first-order valence-corrected chi connectivity index (χ1v) is 10.2. The van der Waals surface area contributed by atoms with Crippen LogP contribution in [-0.2, 0) is 21.4 Å². The smallest absolute Gasteiger partial charge is 0.243 e. The summed E-state index contributed by atoms with van der Waals surface area (Å²) in [5.41, 5.74) is 0.812. The summed E-state index contributed by atoms with van der Waals surface area (Å²) in [6.45, 7) is 1.38. The van der Waals surface area contributed by atoms with Crippen LogP contribution in [0.1, 0.15) is 18.4 Å². The summed E-state index contributed by atoms with van der Waals surface area (Å²) in [6, 6.07) is 12.2. The van der Waals surface area contributed by atoms with Crippen LogP contribution in [0, 0.1) is 11.3 Å². The van der Waals surface area contributed by atoms with E-state index in [2.05, 4.69) is 10.3 Å². The first-order chi connectivity index (χ1) is 12.5. The maximum atomic E-state index is 12.8. The highest BCUT2D eigenvalue weighted by Gasteiger charge is 2.62. The average Bonchev–Trinajstić information content (AvgIpc) is 3.20. The van der Waals surface area contributed by atoms with Gasteiger partial charge in [0.25, 0.3) is 0 Å². The van der Waals surface area contributed by atoms with E-state index in [1.807, 2.05) is 12.1 Å². The van der Waals surface area contributed by atoms with E-state index < -0.39 is 10.0 Å². The number of rotatable bonds is 5. The molecular weight excluding hydrogens is 350 g/mol. The van der Waals surface area contributed by atoms with Crippen LogP contribution in [0.15, 0.2) is 59.8 Å². The third-order valence-electron chi connectivity index (χ3n) is 5.45. The molecule has 136 valence electrons. The standard InChI is InChI=1S/C19H21N3O3S/c23-18(21-13-15-6-9-20-10-7-15)17-12-19(17)8-11-22(14-19)26(24,25)16-4-2-1-3-5-16/h1-7,9-10,17H,8,11-14H2,(H,21,23)/t17-,19+/m1/s1. The Morgan fingerprint density at radius 3 is 2.65 bits per heavy atom. The molecule has 1 saturated heterocycles. The third-order valence-corrected chi connectivity index (χ3v) is 7.31. The Labute approximate surface area is 153 Å². The highest BCUT2D eigenvalue weighted by atomic mass is 32.2. The van der Waals surface area contributed by atoms with Crippen LogP contribution in [-0.4, -0.2) is 36.7 Å². The molecule has 0 radical (unpaired) electrons. The molecule has 26 heavy (non-hydrogen) atoms.